The number of carbonyl (C=O) groups is 2. The lowest BCUT2D eigenvalue weighted by molar-refractivity contribution is -0.115. The smallest absolute Gasteiger partial charge is 0.337 e. The summed E-state index contributed by atoms with van der Waals surface area (Å²) in [6.07, 6.45) is 0.151. The van der Waals surface area contributed by atoms with Crippen molar-refractivity contribution in [2.45, 2.75) is 20.3 Å². The van der Waals surface area contributed by atoms with Crippen LogP contribution in [0.25, 0.3) is 10.6 Å². The number of amides is 1. The van der Waals surface area contributed by atoms with E-state index < -0.39 is 5.97 Å². The number of hydrogen-bond acceptors (Lipinski definition) is 7. The van der Waals surface area contributed by atoms with E-state index in [9.17, 15) is 9.59 Å². The van der Waals surface area contributed by atoms with E-state index in [1.54, 1.807) is 35.6 Å². The molecule has 0 unspecified atom stereocenters. The van der Waals surface area contributed by atoms with Gasteiger partial charge in [-0.25, -0.2) is 14.8 Å². The number of carbonyl (C=O) groups excluding carboxylic acids is 2. The predicted octanol–water partition coefficient (Wildman–Crippen LogP) is 3.85. The van der Waals surface area contributed by atoms with Crippen LogP contribution < -0.4 is 5.32 Å². The highest BCUT2D eigenvalue weighted by molar-refractivity contribution is 7.16. The summed E-state index contributed by atoms with van der Waals surface area (Å²) < 4.78 is 4.70. The molecule has 3 rings (SSSR count). The summed E-state index contributed by atoms with van der Waals surface area (Å²) in [4.78, 5) is 33.8. The molecule has 6 nitrogen and oxygen atoms in total. The fraction of sp³-hybridized carbons (Fsp3) is 0.222. The molecule has 1 aromatic carbocycles. The van der Waals surface area contributed by atoms with Gasteiger partial charge in [0.1, 0.15) is 0 Å². The Bertz CT molecular complexity index is 962. The number of aromatic nitrogens is 2. The highest BCUT2D eigenvalue weighted by Crippen LogP contribution is 2.32. The van der Waals surface area contributed by atoms with Crippen molar-refractivity contribution < 1.29 is 14.3 Å². The normalized spacial score (nSPS) is 10.6. The van der Waals surface area contributed by atoms with Crippen LogP contribution >= 0.6 is 22.7 Å². The highest BCUT2D eigenvalue weighted by Gasteiger charge is 2.14. The van der Waals surface area contributed by atoms with Crippen LogP contribution in [0.15, 0.2) is 29.6 Å². The van der Waals surface area contributed by atoms with Gasteiger partial charge >= 0.3 is 5.97 Å². The number of thiazole rings is 2. The van der Waals surface area contributed by atoms with Gasteiger partial charge in [-0.1, -0.05) is 12.1 Å². The van der Waals surface area contributed by atoms with Crippen molar-refractivity contribution in [2.75, 3.05) is 12.4 Å². The van der Waals surface area contributed by atoms with Crippen LogP contribution in [0.3, 0.4) is 0 Å². The van der Waals surface area contributed by atoms with Crippen molar-refractivity contribution in [2.24, 2.45) is 0 Å². The largest absolute Gasteiger partial charge is 0.465 e. The number of hydrogen-bond donors (Lipinski definition) is 1. The maximum Gasteiger partial charge on any atom is 0.337 e. The van der Waals surface area contributed by atoms with Crippen molar-refractivity contribution >= 4 is 39.7 Å². The summed E-state index contributed by atoms with van der Waals surface area (Å²) in [6.45, 7) is 3.91. The molecule has 0 aliphatic rings. The molecule has 2 heterocycles. The van der Waals surface area contributed by atoms with Crippen molar-refractivity contribution in [3.8, 4) is 10.6 Å². The minimum Gasteiger partial charge on any atom is -0.465 e. The number of benzene rings is 1. The minimum absolute atomic E-state index is 0.151. The molecule has 0 aliphatic heterocycles. The van der Waals surface area contributed by atoms with Gasteiger partial charge in [0, 0.05) is 5.38 Å². The predicted molar refractivity (Wildman–Crippen MR) is 103 cm³/mol. The fourth-order valence-corrected chi connectivity index (χ4v) is 4.15. The zero-order valence-electron chi connectivity index (χ0n) is 14.5. The van der Waals surface area contributed by atoms with Crippen LogP contribution in [0.4, 0.5) is 5.13 Å². The molecular weight excluding hydrogens is 370 g/mol. The van der Waals surface area contributed by atoms with Gasteiger partial charge in [-0.3, -0.25) is 4.79 Å². The Labute approximate surface area is 158 Å². The van der Waals surface area contributed by atoms with Crippen molar-refractivity contribution in [3.63, 3.8) is 0 Å². The number of methoxy groups -OCH3 is 1. The van der Waals surface area contributed by atoms with E-state index in [1.165, 1.54) is 18.4 Å². The molecule has 0 saturated carbocycles. The maximum atomic E-state index is 12.3. The van der Waals surface area contributed by atoms with E-state index in [0.717, 1.165) is 26.8 Å². The van der Waals surface area contributed by atoms with E-state index in [2.05, 4.69) is 15.3 Å². The Hall–Kier alpha value is -2.58. The first-order valence-corrected chi connectivity index (χ1v) is 9.53. The molecule has 0 bridgehead atoms. The number of anilines is 1. The van der Waals surface area contributed by atoms with Gasteiger partial charge < -0.3 is 10.1 Å². The average molecular weight is 387 g/mol. The molecular formula is C18H17N3O3S2. The van der Waals surface area contributed by atoms with Gasteiger partial charge in [0.05, 0.1) is 40.4 Å². The number of nitrogens with zero attached hydrogens (tertiary/aromatic N) is 2. The zero-order valence-corrected chi connectivity index (χ0v) is 16.2. The first-order valence-electron chi connectivity index (χ1n) is 7.83. The molecule has 1 amide bonds. The van der Waals surface area contributed by atoms with Crippen LogP contribution in [0, 0.1) is 13.8 Å². The van der Waals surface area contributed by atoms with Crippen LogP contribution in [0.2, 0.25) is 0 Å². The molecule has 134 valence electrons. The summed E-state index contributed by atoms with van der Waals surface area (Å²) >= 11 is 2.96. The quantitative estimate of drug-likeness (QED) is 0.673. The Morgan fingerprint density at radius 1 is 1.23 bits per heavy atom. The Kier molecular flexibility index (Phi) is 5.43. The molecule has 0 aliphatic carbocycles. The second kappa shape index (κ2) is 7.76. The number of aryl methyl sites for hydroxylation is 2. The van der Waals surface area contributed by atoms with Gasteiger partial charge in [-0.15, -0.1) is 22.7 Å². The molecule has 0 fully saturated rings. The lowest BCUT2D eigenvalue weighted by Gasteiger charge is -2.04. The molecule has 3 aromatic rings. The molecule has 1 N–H and O–H groups in total. The van der Waals surface area contributed by atoms with Crippen LogP contribution in [0.5, 0.6) is 0 Å². The second-order valence-corrected chi connectivity index (χ2v) is 7.66. The van der Waals surface area contributed by atoms with Gasteiger partial charge in [-0.05, 0) is 31.5 Å². The van der Waals surface area contributed by atoms with Crippen molar-refractivity contribution in [1.82, 2.24) is 9.97 Å². The highest BCUT2D eigenvalue weighted by atomic mass is 32.1. The van der Waals surface area contributed by atoms with E-state index in [1.807, 2.05) is 19.2 Å². The fourth-order valence-electron chi connectivity index (χ4n) is 2.48. The van der Waals surface area contributed by atoms with Gasteiger partial charge in [0.2, 0.25) is 5.91 Å². The Morgan fingerprint density at radius 3 is 2.73 bits per heavy atom. The lowest BCUT2D eigenvalue weighted by atomic mass is 10.1. The summed E-state index contributed by atoms with van der Waals surface area (Å²) in [7, 11) is 1.33. The van der Waals surface area contributed by atoms with E-state index in [0.29, 0.717) is 10.7 Å². The number of ether oxygens (including phenoxy) is 1. The topological polar surface area (TPSA) is 81.2 Å². The first-order chi connectivity index (χ1) is 12.5. The SMILES string of the molecule is COC(=O)c1cccc(CC(=O)Nc2nc(-c3sc(C)nc3C)cs2)c1. The standard InChI is InChI=1S/C18H17N3O3S2/c1-10-16(26-11(2)19-10)14-9-25-18(20-14)21-15(22)8-12-5-4-6-13(7-12)17(23)24-3/h4-7,9H,8H2,1-3H3,(H,20,21,22). The van der Waals surface area contributed by atoms with E-state index in [-0.39, 0.29) is 12.3 Å². The van der Waals surface area contributed by atoms with Gasteiger partial charge in [-0.2, -0.15) is 0 Å². The molecule has 0 atom stereocenters. The van der Waals surface area contributed by atoms with E-state index in [4.69, 9.17) is 4.74 Å². The molecule has 0 saturated heterocycles. The summed E-state index contributed by atoms with van der Waals surface area (Å²) in [5.41, 5.74) is 2.91. The number of esters is 1. The van der Waals surface area contributed by atoms with Crippen molar-refractivity contribution in [3.05, 3.63) is 51.5 Å². The van der Waals surface area contributed by atoms with Crippen molar-refractivity contribution in [1.29, 1.82) is 0 Å². The number of nitrogens with one attached hydrogen (secondary N) is 1. The minimum atomic E-state index is -0.424. The summed E-state index contributed by atoms with van der Waals surface area (Å²) in [5.74, 6) is -0.614. The third-order valence-corrected chi connectivity index (χ3v) is 5.45. The maximum absolute atomic E-state index is 12.3. The van der Waals surface area contributed by atoms with Gasteiger partial charge in [0.25, 0.3) is 0 Å². The molecule has 0 spiro atoms. The van der Waals surface area contributed by atoms with Crippen LogP contribution in [0.1, 0.15) is 26.6 Å². The Morgan fingerprint density at radius 2 is 2.04 bits per heavy atom. The van der Waals surface area contributed by atoms with Crippen LogP contribution in [-0.4, -0.2) is 29.0 Å². The summed E-state index contributed by atoms with van der Waals surface area (Å²) in [6, 6.07) is 6.83. The zero-order chi connectivity index (χ0) is 18.7. The Balaban J connectivity index is 1.68. The third-order valence-electron chi connectivity index (χ3n) is 3.60. The molecule has 0 radical (unpaired) electrons. The summed E-state index contributed by atoms with van der Waals surface area (Å²) in [5, 5.41) is 6.25. The second-order valence-electron chi connectivity index (χ2n) is 5.60. The van der Waals surface area contributed by atoms with E-state index >= 15 is 0 Å². The van der Waals surface area contributed by atoms with Crippen LogP contribution in [-0.2, 0) is 16.0 Å². The average Bonchev–Trinajstić information content (AvgIpc) is 3.19. The molecule has 8 heteroatoms. The first kappa shape index (κ1) is 18.2. The molecule has 26 heavy (non-hydrogen) atoms. The lowest BCUT2D eigenvalue weighted by Crippen LogP contribution is -2.14. The molecule has 2 aromatic heterocycles. The number of rotatable bonds is 5. The third kappa shape index (κ3) is 4.14. The van der Waals surface area contributed by atoms with Gasteiger partial charge in [0.15, 0.2) is 5.13 Å². The monoisotopic (exact) mass is 387 g/mol.